The van der Waals surface area contributed by atoms with Crippen LogP contribution in [0.1, 0.15) is 40.1 Å². The molecule has 0 saturated heterocycles. The molecule has 1 saturated carbocycles. The van der Waals surface area contributed by atoms with Crippen molar-refractivity contribution in [2.45, 2.75) is 19.3 Å². The molecule has 1 aliphatic carbocycles. The number of esters is 1. The van der Waals surface area contributed by atoms with Crippen molar-refractivity contribution in [1.29, 1.82) is 0 Å². The van der Waals surface area contributed by atoms with Gasteiger partial charge in [-0.1, -0.05) is 0 Å². The molecular weight excluding hydrogens is 272 g/mol. The molecule has 1 heterocycles. The Morgan fingerprint density at radius 1 is 1.38 bits per heavy atom. The van der Waals surface area contributed by atoms with Crippen LogP contribution in [0.2, 0.25) is 0 Å². The number of aromatic nitrogens is 1. The predicted octanol–water partition coefficient (Wildman–Crippen LogP) is 1.41. The zero-order chi connectivity index (χ0) is 15.1. The van der Waals surface area contributed by atoms with E-state index < -0.39 is 5.97 Å². The minimum absolute atomic E-state index is 0.256. The Hall–Kier alpha value is -1.95. The van der Waals surface area contributed by atoms with Crippen LogP contribution in [-0.2, 0) is 9.47 Å². The van der Waals surface area contributed by atoms with Gasteiger partial charge in [-0.2, -0.15) is 0 Å². The molecule has 2 rings (SSSR count). The average molecular weight is 292 g/mol. The van der Waals surface area contributed by atoms with Crippen molar-refractivity contribution in [3.63, 3.8) is 0 Å². The summed E-state index contributed by atoms with van der Waals surface area (Å²) < 4.78 is 10.0. The lowest BCUT2D eigenvalue weighted by molar-refractivity contribution is 0.0599. The predicted molar refractivity (Wildman–Crippen MR) is 76.1 cm³/mol. The molecule has 1 N–H and O–H groups in total. The molecule has 1 fully saturated rings. The molecule has 0 atom stereocenters. The van der Waals surface area contributed by atoms with Crippen LogP contribution in [0.5, 0.6) is 0 Å². The van der Waals surface area contributed by atoms with Gasteiger partial charge >= 0.3 is 5.97 Å². The lowest BCUT2D eigenvalue weighted by atomic mass is 10.2. The summed E-state index contributed by atoms with van der Waals surface area (Å²) in [4.78, 5) is 27.0. The number of pyridine rings is 1. The third-order valence-corrected chi connectivity index (χ3v) is 3.22. The van der Waals surface area contributed by atoms with Gasteiger partial charge in [0.1, 0.15) is 5.69 Å². The molecular formula is C15H20N2O4. The van der Waals surface area contributed by atoms with Crippen LogP contribution in [0.25, 0.3) is 0 Å². The van der Waals surface area contributed by atoms with Crippen LogP contribution >= 0.6 is 0 Å². The Kier molecular flexibility index (Phi) is 5.68. The maximum Gasteiger partial charge on any atom is 0.339 e. The van der Waals surface area contributed by atoms with Gasteiger partial charge in [0.05, 0.1) is 12.7 Å². The number of methoxy groups -OCH3 is 1. The fourth-order valence-corrected chi connectivity index (χ4v) is 1.77. The lowest BCUT2D eigenvalue weighted by Gasteiger charge is -2.06. The first-order valence-corrected chi connectivity index (χ1v) is 7.11. The van der Waals surface area contributed by atoms with Crippen LogP contribution < -0.4 is 5.32 Å². The summed E-state index contributed by atoms with van der Waals surface area (Å²) in [5, 5.41) is 2.77. The van der Waals surface area contributed by atoms with E-state index in [0.717, 1.165) is 18.9 Å². The quantitative estimate of drug-likeness (QED) is 0.579. The third-order valence-electron chi connectivity index (χ3n) is 3.22. The van der Waals surface area contributed by atoms with Crippen molar-refractivity contribution < 1.29 is 19.1 Å². The fraction of sp³-hybridized carbons (Fsp3) is 0.533. The molecule has 1 aromatic rings. The number of ether oxygens (including phenoxy) is 2. The number of amides is 1. The summed E-state index contributed by atoms with van der Waals surface area (Å²) in [5.41, 5.74) is 0.601. The molecule has 6 nitrogen and oxygen atoms in total. The monoisotopic (exact) mass is 292 g/mol. The molecule has 0 bridgehead atoms. The first kappa shape index (κ1) is 15.4. The van der Waals surface area contributed by atoms with Crippen molar-refractivity contribution in [2.24, 2.45) is 5.92 Å². The van der Waals surface area contributed by atoms with Gasteiger partial charge in [0, 0.05) is 26.0 Å². The number of carbonyl (C=O) groups is 2. The Balaban J connectivity index is 1.66. The van der Waals surface area contributed by atoms with Crippen LogP contribution in [-0.4, -0.2) is 43.7 Å². The topological polar surface area (TPSA) is 77.5 Å². The smallest absolute Gasteiger partial charge is 0.339 e. The number of nitrogens with zero attached hydrogens (tertiary/aromatic N) is 1. The first-order chi connectivity index (χ1) is 10.2. The summed E-state index contributed by atoms with van der Waals surface area (Å²) >= 11 is 0. The lowest BCUT2D eigenvalue weighted by Crippen LogP contribution is -2.26. The minimum Gasteiger partial charge on any atom is -0.465 e. The average Bonchev–Trinajstić information content (AvgIpc) is 3.34. The van der Waals surface area contributed by atoms with Crippen molar-refractivity contribution in [1.82, 2.24) is 10.3 Å². The largest absolute Gasteiger partial charge is 0.465 e. The molecule has 1 aliphatic rings. The second kappa shape index (κ2) is 7.73. The summed E-state index contributed by atoms with van der Waals surface area (Å²) in [6.07, 6.45) is 4.67. The number of rotatable bonds is 8. The summed E-state index contributed by atoms with van der Waals surface area (Å²) in [5.74, 6) is 0.0352. The van der Waals surface area contributed by atoms with Crippen molar-refractivity contribution >= 4 is 11.9 Å². The molecule has 0 aromatic carbocycles. The molecule has 6 heteroatoms. The van der Waals surface area contributed by atoms with E-state index in [9.17, 15) is 9.59 Å². The fourth-order valence-electron chi connectivity index (χ4n) is 1.77. The Bertz CT molecular complexity index is 483. The van der Waals surface area contributed by atoms with E-state index in [1.54, 1.807) is 0 Å². The molecule has 0 radical (unpaired) electrons. The second-order valence-corrected chi connectivity index (χ2v) is 5.05. The molecule has 1 amide bonds. The minimum atomic E-state index is -0.470. The summed E-state index contributed by atoms with van der Waals surface area (Å²) in [6, 6.07) is 3.03. The van der Waals surface area contributed by atoms with E-state index in [2.05, 4.69) is 15.0 Å². The van der Waals surface area contributed by atoms with Gasteiger partial charge in [-0.25, -0.2) is 4.79 Å². The summed E-state index contributed by atoms with van der Waals surface area (Å²) in [6.45, 7) is 2.04. The van der Waals surface area contributed by atoms with E-state index in [4.69, 9.17) is 4.74 Å². The van der Waals surface area contributed by atoms with E-state index >= 15 is 0 Å². The van der Waals surface area contributed by atoms with Crippen molar-refractivity contribution in [3.05, 3.63) is 29.6 Å². The van der Waals surface area contributed by atoms with E-state index in [-0.39, 0.29) is 11.6 Å². The standard InChI is InChI=1S/C15H20N2O4/c1-20-15(19)12-5-6-13(17-9-12)14(18)16-7-2-8-21-10-11-3-4-11/h5-6,9,11H,2-4,7-8,10H2,1H3,(H,16,18). The normalized spacial score (nSPS) is 13.8. The van der Waals surface area contributed by atoms with E-state index in [0.29, 0.717) is 18.7 Å². The van der Waals surface area contributed by atoms with Gasteiger partial charge in [0.15, 0.2) is 0 Å². The number of hydrogen-bond donors (Lipinski definition) is 1. The van der Waals surface area contributed by atoms with Gasteiger partial charge in [-0.15, -0.1) is 0 Å². The molecule has 0 aliphatic heterocycles. The van der Waals surface area contributed by atoms with E-state index in [1.807, 2.05) is 0 Å². The number of carbonyl (C=O) groups excluding carboxylic acids is 2. The maximum absolute atomic E-state index is 11.8. The Labute approximate surface area is 123 Å². The SMILES string of the molecule is COC(=O)c1ccc(C(=O)NCCCOCC2CC2)nc1. The van der Waals surface area contributed by atoms with Gasteiger partial charge in [-0.05, 0) is 37.3 Å². The number of nitrogens with one attached hydrogen (secondary N) is 1. The maximum atomic E-state index is 11.8. The van der Waals surface area contributed by atoms with Gasteiger partial charge in [0.25, 0.3) is 5.91 Å². The molecule has 0 spiro atoms. The third kappa shape index (κ3) is 5.15. The van der Waals surface area contributed by atoms with Gasteiger partial charge in [-0.3, -0.25) is 9.78 Å². The summed E-state index contributed by atoms with van der Waals surface area (Å²) in [7, 11) is 1.30. The molecule has 114 valence electrons. The zero-order valence-corrected chi connectivity index (χ0v) is 12.1. The van der Waals surface area contributed by atoms with Gasteiger partial charge in [0.2, 0.25) is 0 Å². The highest BCUT2D eigenvalue weighted by Crippen LogP contribution is 2.28. The Morgan fingerprint density at radius 3 is 2.81 bits per heavy atom. The van der Waals surface area contributed by atoms with Crippen molar-refractivity contribution in [3.8, 4) is 0 Å². The van der Waals surface area contributed by atoms with Crippen LogP contribution in [0.4, 0.5) is 0 Å². The van der Waals surface area contributed by atoms with Crippen molar-refractivity contribution in [2.75, 3.05) is 26.9 Å². The van der Waals surface area contributed by atoms with Crippen LogP contribution in [0.3, 0.4) is 0 Å². The second-order valence-electron chi connectivity index (χ2n) is 5.05. The van der Waals surface area contributed by atoms with Crippen LogP contribution in [0.15, 0.2) is 18.3 Å². The molecule has 1 aromatic heterocycles. The molecule has 0 unspecified atom stereocenters. The van der Waals surface area contributed by atoms with Gasteiger partial charge < -0.3 is 14.8 Å². The highest BCUT2D eigenvalue weighted by molar-refractivity contribution is 5.94. The number of hydrogen-bond acceptors (Lipinski definition) is 5. The van der Waals surface area contributed by atoms with Crippen LogP contribution in [0, 0.1) is 5.92 Å². The zero-order valence-electron chi connectivity index (χ0n) is 12.1. The van der Waals surface area contributed by atoms with E-state index in [1.165, 1.54) is 38.3 Å². The first-order valence-electron chi connectivity index (χ1n) is 7.11. The molecule has 21 heavy (non-hydrogen) atoms. The highest BCUT2D eigenvalue weighted by Gasteiger charge is 2.20. The highest BCUT2D eigenvalue weighted by atomic mass is 16.5. The Morgan fingerprint density at radius 2 is 2.19 bits per heavy atom.